The van der Waals surface area contributed by atoms with Crippen molar-refractivity contribution in [2.75, 3.05) is 0 Å². The molecule has 3 aromatic heterocycles. The van der Waals surface area contributed by atoms with E-state index in [0.29, 0.717) is 5.71 Å². The monoisotopic (exact) mass is 313 g/mol. The largest absolute Gasteiger partial charge is 0.437 e. The molecule has 24 heavy (non-hydrogen) atoms. The molecule has 0 atom stereocenters. The van der Waals surface area contributed by atoms with E-state index in [-0.39, 0.29) is 0 Å². The molecule has 0 aliphatic rings. The van der Waals surface area contributed by atoms with Crippen LogP contribution >= 0.6 is 0 Å². The topological polar surface area (TPSA) is 43.9 Å². The number of aryl methyl sites for hydroxylation is 2. The standard InChI is InChI=1S/C20H15N3O/c1-12-7-8-15-17-14-6-4-3-5-13(14)11-22-20(17)24-18(15)16(12)19-21-9-10-23(19)2/h3-11H,1-2H3. The zero-order valence-corrected chi connectivity index (χ0v) is 13.4. The van der Waals surface area contributed by atoms with E-state index in [1.54, 1.807) is 0 Å². The molecule has 0 bridgehead atoms. The Kier molecular flexibility index (Phi) is 2.59. The number of hydrogen-bond donors (Lipinski definition) is 0. The van der Waals surface area contributed by atoms with Crippen molar-refractivity contribution in [1.29, 1.82) is 0 Å². The first kappa shape index (κ1) is 13.3. The molecule has 2 aromatic carbocycles. The Hall–Kier alpha value is -3.14. The van der Waals surface area contributed by atoms with Crippen LogP contribution in [0, 0.1) is 6.92 Å². The van der Waals surface area contributed by atoms with Crippen LogP contribution in [0.4, 0.5) is 0 Å². The molecule has 0 N–H and O–H groups in total. The third-order valence-corrected chi connectivity index (χ3v) is 4.64. The minimum atomic E-state index is 0.671. The van der Waals surface area contributed by atoms with Crippen LogP contribution in [0.3, 0.4) is 0 Å². The second kappa shape index (κ2) is 4.68. The summed E-state index contributed by atoms with van der Waals surface area (Å²) in [7, 11) is 2.00. The van der Waals surface area contributed by atoms with Gasteiger partial charge in [-0.25, -0.2) is 9.97 Å². The maximum atomic E-state index is 6.19. The molecule has 0 saturated heterocycles. The lowest BCUT2D eigenvalue weighted by molar-refractivity contribution is 0.654. The highest BCUT2D eigenvalue weighted by Crippen LogP contribution is 2.39. The van der Waals surface area contributed by atoms with E-state index in [0.717, 1.165) is 44.1 Å². The molecule has 0 radical (unpaired) electrons. The highest BCUT2D eigenvalue weighted by molar-refractivity contribution is 6.19. The molecule has 0 unspecified atom stereocenters. The summed E-state index contributed by atoms with van der Waals surface area (Å²) < 4.78 is 8.20. The van der Waals surface area contributed by atoms with Gasteiger partial charge in [0.1, 0.15) is 11.4 Å². The van der Waals surface area contributed by atoms with Crippen LogP contribution in [0.25, 0.3) is 44.2 Å². The van der Waals surface area contributed by atoms with Gasteiger partial charge in [-0.05, 0) is 17.9 Å². The van der Waals surface area contributed by atoms with Crippen molar-refractivity contribution in [3.63, 3.8) is 0 Å². The van der Waals surface area contributed by atoms with E-state index < -0.39 is 0 Å². The van der Waals surface area contributed by atoms with Crippen molar-refractivity contribution in [3.05, 3.63) is 60.6 Å². The Balaban J connectivity index is 2.01. The van der Waals surface area contributed by atoms with Crippen molar-refractivity contribution < 1.29 is 4.42 Å². The molecule has 0 amide bonds. The Bertz CT molecular complexity index is 1230. The Morgan fingerprint density at radius 3 is 2.71 bits per heavy atom. The van der Waals surface area contributed by atoms with E-state index in [1.165, 1.54) is 0 Å². The predicted molar refractivity (Wildman–Crippen MR) is 96.0 cm³/mol. The van der Waals surface area contributed by atoms with Crippen LogP contribution in [0.15, 0.2) is 59.4 Å². The molecular weight excluding hydrogens is 298 g/mol. The highest BCUT2D eigenvalue weighted by atomic mass is 16.3. The van der Waals surface area contributed by atoms with Crippen molar-refractivity contribution in [2.24, 2.45) is 7.05 Å². The van der Waals surface area contributed by atoms with Crippen LogP contribution in [0.2, 0.25) is 0 Å². The van der Waals surface area contributed by atoms with Gasteiger partial charge in [0.25, 0.3) is 0 Å². The van der Waals surface area contributed by atoms with Crippen LogP contribution in [0.1, 0.15) is 5.56 Å². The minimum absolute atomic E-state index is 0.671. The molecule has 3 heterocycles. The van der Waals surface area contributed by atoms with Crippen molar-refractivity contribution in [1.82, 2.24) is 14.5 Å². The molecule has 0 spiro atoms. The zero-order chi connectivity index (χ0) is 16.3. The fourth-order valence-corrected chi connectivity index (χ4v) is 3.45. The third kappa shape index (κ3) is 1.68. The molecule has 0 fully saturated rings. The lowest BCUT2D eigenvalue weighted by Gasteiger charge is -2.06. The second-order valence-corrected chi connectivity index (χ2v) is 6.12. The van der Waals surface area contributed by atoms with Gasteiger partial charge in [-0.2, -0.15) is 0 Å². The van der Waals surface area contributed by atoms with E-state index in [1.807, 2.05) is 36.3 Å². The molecule has 0 aliphatic carbocycles. The smallest absolute Gasteiger partial charge is 0.227 e. The van der Waals surface area contributed by atoms with Crippen LogP contribution in [-0.2, 0) is 7.05 Å². The second-order valence-electron chi connectivity index (χ2n) is 6.12. The summed E-state index contributed by atoms with van der Waals surface area (Å²) in [5.41, 5.74) is 3.69. The van der Waals surface area contributed by atoms with Gasteiger partial charge in [-0.15, -0.1) is 0 Å². The number of aromatic nitrogens is 3. The first-order valence-corrected chi connectivity index (χ1v) is 7.91. The first-order chi connectivity index (χ1) is 11.7. The van der Waals surface area contributed by atoms with E-state index >= 15 is 0 Å². The SMILES string of the molecule is Cc1ccc2c(oc3ncc4ccccc4c32)c1-c1nccn1C. The molecule has 4 heteroatoms. The summed E-state index contributed by atoms with van der Waals surface area (Å²) >= 11 is 0. The minimum Gasteiger partial charge on any atom is -0.437 e. The molecule has 5 aromatic rings. The van der Waals surface area contributed by atoms with E-state index in [4.69, 9.17) is 4.42 Å². The third-order valence-electron chi connectivity index (χ3n) is 4.64. The number of nitrogens with zero attached hydrogens (tertiary/aromatic N) is 3. The zero-order valence-electron chi connectivity index (χ0n) is 13.4. The lowest BCUT2D eigenvalue weighted by Crippen LogP contribution is -1.94. The molecule has 0 saturated carbocycles. The van der Waals surface area contributed by atoms with E-state index in [9.17, 15) is 0 Å². The van der Waals surface area contributed by atoms with Gasteiger partial charge in [-0.3, -0.25) is 0 Å². The van der Waals surface area contributed by atoms with Crippen molar-refractivity contribution >= 4 is 32.8 Å². The number of imidazole rings is 1. The van der Waals surface area contributed by atoms with Gasteiger partial charge >= 0.3 is 0 Å². The number of pyridine rings is 1. The van der Waals surface area contributed by atoms with Gasteiger partial charge in [0.2, 0.25) is 5.71 Å². The summed E-state index contributed by atoms with van der Waals surface area (Å²) in [6.45, 7) is 2.09. The Morgan fingerprint density at radius 1 is 1.00 bits per heavy atom. The van der Waals surface area contributed by atoms with Crippen LogP contribution in [0.5, 0.6) is 0 Å². The van der Waals surface area contributed by atoms with E-state index in [2.05, 4.69) is 47.2 Å². The fourth-order valence-electron chi connectivity index (χ4n) is 3.45. The van der Waals surface area contributed by atoms with Crippen LogP contribution < -0.4 is 0 Å². The quantitative estimate of drug-likeness (QED) is 0.444. The number of furan rings is 1. The Morgan fingerprint density at radius 2 is 1.88 bits per heavy atom. The fraction of sp³-hybridized carbons (Fsp3) is 0.100. The number of hydrogen-bond acceptors (Lipinski definition) is 3. The van der Waals surface area contributed by atoms with Gasteiger partial charge < -0.3 is 8.98 Å². The molecular formula is C20H15N3O. The molecule has 5 rings (SSSR count). The van der Waals surface area contributed by atoms with Crippen LogP contribution in [-0.4, -0.2) is 14.5 Å². The summed E-state index contributed by atoms with van der Waals surface area (Å²) in [5, 5.41) is 4.43. The normalized spacial score (nSPS) is 11.8. The average Bonchev–Trinajstić information content (AvgIpc) is 3.18. The summed E-state index contributed by atoms with van der Waals surface area (Å²) in [6, 6.07) is 12.5. The summed E-state index contributed by atoms with van der Waals surface area (Å²) in [4.78, 5) is 9.04. The van der Waals surface area contributed by atoms with Gasteiger partial charge in [-0.1, -0.05) is 36.4 Å². The summed E-state index contributed by atoms with van der Waals surface area (Å²) in [6.07, 6.45) is 5.63. The van der Waals surface area contributed by atoms with Gasteiger partial charge in [0, 0.05) is 36.4 Å². The first-order valence-electron chi connectivity index (χ1n) is 7.91. The predicted octanol–water partition coefficient (Wildman–Crippen LogP) is 4.84. The summed E-state index contributed by atoms with van der Waals surface area (Å²) in [5.74, 6) is 0.904. The molecule has 116 valence electrons. The molecule has 0 aliphatic heterocycles. The van der Waals surface area contributed by atoms with Gasteiger partial charge in [0.05, 0.1) is 10.9 Å². The maximum Gasteiger partial charge on any atom is 0.227 e. The lowest BCUT2D eigenvalue weighted by atomic mass is 10.0. The molecule has 4 nitrogen and oxygen atoms in total. The number of fused-ring (bicyclic) bond motifs is 5. The van der Waals surface area contributed by atoms with Crippen molar-refractivity contribution in [2.45, 2.75) is 6.92 Å². The maximum absolute atomic E-state index is 6.19. The highest BCUT2D eigenvalue weighted by Gasteiger charge is 2.19. The van der Waals surface area contributed by atoms with Gasteiger partial charge in [0.15, 0.2) is 0 Å². The number of rotatable bonds is 1. The van der Waals surface area contributed by atoms with Crippen molar-refractivity contribution in [3.8, 4) is 11.4 Å². The number of benzene rings is 2. The average molecular weight is 313 g/mol. The Labute approximate surface area is 138 Å².